The topological polar surface area (TPSA) is 84.9 Å². The molecular weight excluding hydrogens is 334 g/mol. The number of carbonyl (C=O) groups is 2. The summed E-state index contributed by atoms with van der Waals surface area (Å²) in [6.07, 6.45) is 0. The molecule has 2 aromatic carbocycles. The van der Waals surface area contributed by atoms with Crippen molar-refractivity contribution in [1.82, 2.24) is 0 Å². The predicted octanol–water partition coefficient (Wildman–Crippen LogP) is 4.25. The normalized spacial score (nSPS) is 10.5. The molecule has 0 atom stereocenters. The van der Waals surface area contributed by atoms with Gasteiger partial charge in [0.05, 0.1) is 7.11 Å². The van der Waals surface area contributed by atoms with E-state index in [2.05, 4.69) is 26.1 Å². The molecule has 6 heteroatoms. The lowest BCUT2D eigenvalue weighted by Crippen LogP contribution is -2.21. The van der Waals surface area contributed by atoms with Gasteiger partial charge in [-0.3, -0.25) is 4.79 Å². The molecular formula is C20H23NO5. The number of hydrogen-bond donors (Lipinski definition) is 2. The summed E-state index contributed by atoms with van der Waals surface area (Å²) in [7, 11) is 1.60. The summed E-state index contributed by atoms with van der Waals surface area (Å²) in [5.41, 5.74) is 3.66. The highest BCUT2D eigenvalue weighted by Crippen LogP contribution is 2.41. The molecule has 0 heterocycles. The zero-order valence-corrected chi connectivity index (χ0v) is 15.5. The van der Waals surface area contributed by atoms with Crippen LogP contribution in [0.3, 0.4) is 0 Å². The van der Waals surface area contributed by atoms with Crippen LogP contribution in [0.5, 0.6) is 17.2 Å². The molecule has 26 heavy (non-hydrogen) atoms. The third kappa shape index (κ3) is 4.14. The third-order valence-electron chi connectivity index (χ3n) is 4.11. The van der Waals surface area contributed by atoms with Gasteiger partial charge in [0.25, 0.3) is 0 Å². The van der Waals surface area contributed by atoms with Crippen molar-refractivity contribution in [3.05, 3.63) is 47.0 Å². The van der Waals surface area contributed by atoms with E-state index in [-0.39, 0.29) is 5.92 Å². The molecule has 0 aromatic heterocycles. The van der Waals surface area contributed by atoms with E-state index in [0.717, 1.165) is 16.7 Å². The minimum Gasteiger partial charge on any atom is -0.493 e. The van der Waals surface area contributed by atoms with Gasteiger partial charge in [-0.15, -0.1) is 0 Å². The number of benzene rings is 2. The molecule has 1 amide bonds. The largest absolute Gasteiger partial charge is 0.493 e. The van der Waals surface area contributed by atoms with Gasteiger partial charge in [0.1, 0.15) is 5.75 Å². The van der Waals surface area contributed by atoms with Gasteiger partial charge in [-0.05, 0) is 49.1 Å². The van der Waals surface area contributed by atoms with Gasteiger partial charge in [-0.1, -0.05) is 19.9 Å². The Morgan fingerprint density at radius 3 is 2.42 bits per heavy atom. The lowest BCUT2D eigenvalue weighted by Gasteiger charge is -2.20. The molecule has 138 valence electrons. The lowest BCUT2D eigenvalue weighted by atomic mass is 9.93. The molecule has 2 N–H and O–H groups in total. The Morgan fingerprint density at radius 1 is 1.15 bits per heavy atom. The Kier molecular flexibility index (Phi) is 5.87. The van der Waals surface area contributed by atoms with Crippen LogP contribution in [0.15, 0.2) is 30.3 Å². The lowest BCUT2D eigenvalue weighted by molar-refractivity contribution is -0.147. The van der Waals surface area contributed by atoms with Gasteiger partial charge < -0.3 is 19.9 Å². The summed E-state index contributed by atoms with van der Waals surface area (Å²) in [4.78, 5) is 22.0. The number of aliphatic carboxylic acids is 1. The number of hydrogen-bond acceptors (Lipinski definition) is 4. The monoisotopic (exact) mass is 357 g/mol. The number of anilines is 1. The first-order valence-corrected chi connectivity index (χ1v) is 8.24. The number of carboxylic acid groups (broad SMARTS) is 1. The average Bonchev–Trinajstić information content (AvgIpc) is 2.57. The van der Waals surface area contributed by atoms with Gasteiger partial charge in [0.15, 0.2) is 11.5 Å². The maximum absolute atomic E-state index is 11.3. The first-order chi connectivity index (χ1) is 12.2. The van der Waals surface area contributed by atoms with Crippen LogP contribution in [-0.4, -0.2) is 24.1 Å². The fourth-order valence-electron chi connectivity index (χ4n) is 2.82. The zero-order chi connectivity index (χ0) is 19.4. The van der Waals surface area contributed by atoms with Crippen LogP contribution in [0.4, 0.5) is 5.69 Å². The van der Waals surface area contributed by atoms with Gasteiger partial charge in [-0.2, -0.15) is 0 Å². The maximum Gasteiger partial charge on any atom is 0.394 e. The highest BCUT2D eigenvalue weighted by atomic mass is 16.5. The number of carboxylic acids is 1. The summed E-state index contributed by atoms with van der Waals surface area (Å²) >= 11 is 0. The fraction of sp³-hybridized carbons (Fsp3) is 0.300. The first kappa shape index (κ1) is 19.3. The number of carbonyl (C=O) groups excluding carboxylic acids is 1. The average molecular weight is 357 g/mol. The second-order valence-electron chi connectivity index (χ2n) is 6.31. The summed E-state index contributed by atoms with van der Waals surface area (Å²) in [5.74, 6) is -0.691. The van der Waals surface area contributed by atoms with E-state index in [1.54, 1.807) is 31.4 Å². The highest BCUT2D eigenvalue weighted by molar-refractivity contribution is 6.36. The molecule has 0 saturated heterocycles. The molecule has 0 unspecified atom stereocenters. The minimum absolute atomic E-state index is 0.258. The van der Waals surface area contributed by atoms with Gasteiger partial charge >= 0.3 is 11.9 Å². The summed E-state index contributed by atoms with van der Waals surface area (Å²) in [6.45, 7) is 8.25. The van der Waals surface area contributed by atoms with Crippen molar-refractivity contribution >= 4 is 17.6 Å². The SMILES string of the molecule is COc1c(Oc2cccc(NC(=O)C(=O)O)c2)cc(C)c(C)c1C(C)C. The second-order valence-corrected chi connectivity index (χ2v) is 6.31. The Labute approximate surface area is 152 Å². The molecule has 0 radical (unpaired) electrons. The van der Waals surface area contributed by atoms with Crippen LogP contribution < -0.4 is 14.8 Å². The van der Waals surface area contributed by atoms with E-state index in [9.17, 15) is 9.59 Å². The van der Waals surface area contributed by atoms with Crippen molar-refractivity contribution in [1.29, 1.82) is 0 Å². The van der Waals surface area contributed by atoms with E-state index in [1.807, 2.05) is 13.0 Å². The second kappa shape index (κ2) is 7.91. The van der Waals surface area contributed by atoms with Gasteiger partial charge in [-0.25, -0.2) is 4.79 Å². The van der Waals surface area contributed by atoms with E-state index in [4.69, 9.17) is 14.6 Å². The number of ether oxygens (including phenoxy) is 2. The summed E-state index contributed by atoms with van der Waals surface area (Å²) < 4.78 is 11.6. The van der Waals surface area contributed by atoms with Crippen molar-refractivity contribution in [2.24, 2.45) is 0 Å². The summed E-state index contributed by atoms with van der Waals surface area (Å²) in [6, 6.07) is 8.45. The predicted molar refractivity (Wildman–Crippen MR) is 99.3 cm³/mol. The molecule has 2 aromatic rings. The Balaban J connectivity index is 2.40. The Hall–Kier alpha value is -3.02. The van der Waals surface area contributed by atoms with Crippen LogP contribution in [0.25, 0.3) is 0 Å². The number of rotatable bonds is 5. The van der Waals surface area contributed by atoms with Crippen molar-refractivity contribution in [2.75, 3.05) is 12.4 Å². The molecule has 0 aliphatic heterocycles. The molecule has 0 saturated carbocycles. The van der Waals surface area contributed by atoms with Crippen LogP contribution in [0.1, 0.15) is 36.5 Å². The molecule has 0 spiro atoms. The Bertz CT molecular complexity index is 842. The van der Waals surface area contributed by atoms with Crippen LogP contribution in [0, 0.1) is 13.8 Å². The zero-order valence-electron chi connectivity index (χ0n) is 15.5. The number of amides is 1. The number of aryl methyl sites for hydroxylation is 1. The van der Waals surface area contributed by atoms with E-state index >= 15 is 0 Å². The number of nitrogens with one attached hydrogen (secondary N) is 1. The van der Waals surface area contributed by atoms with Crippen molar-refractivity contribution in [3.63, 3.8) is 0 Å². The molecule has 2 rings (SSSR count). The van der Waals surface area contributed by atoms with Crippen molar-refractivity contribution in [2.45, 2.75) is 33.6 Å². The molecule has 6 nitrogen and oxygen atoms in total. The molecule has 0 aliphatic carbocycles. The van der Waals surface area contributed by atoms with Crippen molar-refractivity contribution < 1.29 is 24.2 Å². The van der Waals surface area contributed by atoms with Crippen LogP contribution in [0.2, 0.25) is 0 Å². The molecule has 0 bridgehead atoms. The van der Waals surface area contributed by atoms with Gasteiger partial charge in [0, 0.05) is 17.3 Å². The first-order valence-electron chi connectivity index (χ1n) is 8.24. The van der Waals surface area contributed by atoms with E-state index in [0.29, 0.717) is 22.9 Å². The molecule has 0 fully saturated rings. The third-order valence-corrected chi connectivity index (χ3v) is 4.11. The fourth-order valence-corrected chi connectivity index (χ4v) is 2.82. The Morgan fingerprint density at radius 2 is 1.85 bits per heavy atom. The van der Waals surface area contributed by atoms with E-state index in [1.165, 1.54) is 0 Å². The summed E-state index contributed by atoms with van der Waals surface area (Å²) in [5, 5.41) is 11.0. The number of methoxy groups -OCH3 is 1. The maximum atomic E-state index is 11.3. The van der Waals surface area contributed by atoms with E-state index < -0.39 is 11.9 Å². The molecule has 0 aliphatic rings. The smallest absolute Gasteiger partial charge is 0.394 e. The van der Waals surface area contributed by atoms with Crippen molar-refractivity contribution in [3.8, 4) is 17.2 Å². The minimum atomic E-state index is -1.55. The van der Waals surface area contributed by atoms with Gasteiger partial charge in [0.2, 0.25) is 0 Å². The van der Waals surface area contributed by atoms with Crippen LogP contribution >= 0.6 is 0 Å². The van der Waals surface area contributed by atoms with Crippen LogP contribution in [-0.2, 0) is 9.59 Å². The standard InChI is InChI=1S/C20H23NO5/c1-11(2)17-13(4)12(3)9-16(18(17)25-5)26-15-8-6-7-14(10-15)21-19(22)20(23)24/h6-11H,1-5H3,(H,21,22)(H,23,24). The quantitative estimate of drug-likeness (QED) is 0.782. The highest BCUT2D eigenvalue weighted by Gasteiger charge is 2.19.